The number of phosphoric ester groups is 1. The van der Waals surface area contributed by atoms with Crippen molar-refractivity contribution in [3.05, 3.63) is 154 Å². The van der Waals surface area contributed by atoms with Gasteiger partial charge in [-0.3, -0.25) is 13.6 Å². The molecule has 1 aliphatic heterocycles. The van der Waals surface area contributed by atoms with Gasteiger partial charge in [-0.1, -0.05) is 109 Å². The molecule has 5 rings (SSSR count). The van der Waals surface area contributed by atoms with Gasteiger partial charge in [0.1, 0.15) is 19.3 Å². The van der Waals surface area contributed by atoms with Gasteiger partial charge in [-0.2, -0.15) is 0 Å². The summed E-state index contributed by atoms with van der Waals surface area (Å²) in [6, 6.07) is 27.4. The number of carbonyl (C=O) groups excluding carboxylic acids is 1. The first-order valence-corrected chi connectivity index (χ1v) is 15.4. The van der Waals surface area contributed by atoms with Crippen LogP contribution in [0.5, 0.6) is 0 Å². The van der Waals surface area contributed by atoms with Gasteiger partial charge in [-0.15, -0.1) is 0 Å². The molecule has 3 aromatic rings. The average Bonchev–Trinajstić information content (AvgIpc) is 3.39. The van der Waals surface area contributed by atoms with Crippen LogP contribution in [0.3, 0.4) is 0 Å². The second kappa shape index (κ2) is 15.3. The molecule has 44 heavy (non-hydrogen) atoms. The number of aliphatic hydroxyl groups is 1. The molecule has 1 N–H and O–H groups in total. The number of benzene rings is 3. The van der Waals surface area contributed by atoms with E-state index in [1.165, 1.54) is 0 Å². The summed E-state index contributed by atoms with van der Waals surface area (Å²) in [6.45, 7) is -0.862. The third-order valence-corrected chi connectivity index (χ3v) is 7.89. The third-order valence-electron chi connectivity index (χ3n) is 6.47. The first-order chi connectivity index (χ1) is 21.5. The SMILES string of the molecule is O=C1O[C@@H]([C@H](CO)OP(=O)(OCc2ccccc2)OCc2ccccc2)C(OCC2=C=C=CC=C2)=C1OCc1ccccc1. The number of phosphoric acid groups is 1. The van der Waals surface area contributed by atoms with Crippen LogP contribution in [0.15, 0.2) is 138 Å². The molecule has 9 nitrogen and oxygen atoms in total. The molecular weight excluding hydrogens is 583 g/mol. The molecule has 10 heteroatoms. The van der Waals surface area contributed by atoms with Crippen LogP contribution in [0, 0.1) is 0 Å². The minimum atomic E-state index is -4.36. The number of carbonyl (C=O) groups is 1. The summed E-state index contributed by atoms with van der Waals surface area (Å²) in [4.78, 5) is 13.1. The van der Waals surface area contributed by atoms with Gasteiger partial charge in [0.2, 0.25) is 5.76 Å². The summed E-state index contributed by atoms with van der Waals surface area (Å²) in [5.41, 5.74) is 8.69. The van der Waals surface area contributed by atoms with Gasteiger partial charge < -0.3 is 19.3 Å². The topological polar surface area (TPSA) is 110 Å². The number of allylic oxidation sites excluding steroid dienone is 2. The first kappa shape index (κ1) is 31.0. The Bertz CT molecular complexity index is 1570. The van der Waals surface area contributed by atoms with E-state index in [1.54, 1.807) is 42.5 Å². The van der Waals surface area contributed by atoms with E-state index in [0.29, 0.717) is 5.57 Å². The second-order valence-corrected chi connectivity index (χ2v) is 11.3. The largest absolute Gasteiger partial charge is 0.484 e. The molecule has 0 aromatic heterocycles. The van der Waals surface area contributed by atoms with Crippen molar-refractivity contribution < 1.29 is 42.2 Å². The molecule has 2 atom stereocenters. The van der Waals surface area contributed by atoms with Crippen molar-refractivity contribution in [2.24, 2.45) is 0 Å². The third kappa shape index (κ3) is 8.57. The zero-order chi connectivity index (χ0) is 30.6. The Hall–Kier alpha value is -4.42. The lowest BCUT2D eigenvalue weighted by molar-refractivity contribution is -0.148. The predicted octanol–water partition coefficient (Wildman–Crippen LogP) is 6.08. The molecular formula is C34H31O9P. The summed E-state index contributed by atoms with van der Waals surface area (Å²) < 4.78 is 48.8. The monoisotopic (exact) mass is 614 g/mol. The molecule has 1 heterocycles. The molecule has 0 spiro atoms. The molecule has 0 saturated carbocycles. The van der Waals surface area contributed by atoms with Crippen molar-refractivity contribution in [1.82, 2.24) is 0 Å². The highest BCUT2D eigenvalue weighted by atomic mass is 31.2. The van der Waals surface area contributed by atoms with Gasteiger partial charge in [0.05, 0.1) is 19.8 Å². The van der Waals surface area contributed by atoms with Crippen molar-refractivity contribution in [3.8, 4) is 0 Å². The van der Waals surface area contributed by atoms with Gasteiger partial charge in [-0.25, -0.2) is 9.36 Å². The minimum Gasteiger partial charge on any atom is -0.484 e. The zero-order valence-corrected chi connectivity index (χ0v) is 24.6. The van der Waals surface area contributed by atoms with E-state index in [0.717, 1.165) is 16.7 Å². The molecule has 0 amide bonds. The van der Waals surface area contributed by atoms with Gasteiger partial charge in [0.25, 0.3) is 0 Å². The van der Waals surface area contributed by atoms with Crippen LogP contribution in [-0.2, 0) is 57.0 Å². The quantitative estimate of drug-likeness (QED) is 0.117. The Morgan fingerprint density at radius 1 is 0.795 bits per heavy atom. The molecule has 0 fully saturated rings. The maximum Gasteiger partial charge on any atom is 0.475 e. The van der Waals surface area contributed by atoms with E-state index in [2.05, 4.69) is 11.5 Å². The number of hydrogen-bond acceptors (Lipinski definition) is 9. The van der Waals surface area contributed by atoms with Gasteiger partial charge in [0.15, 0.2) is 11.9 Å². The first-order valence-electron chi connectivity index (χ1n) is 13.9. The summed E-state index contributed by atoms with van der Waals surface area (Å²) in [5, 5.41) is 10.4. The Kier molecular flexibility index (Phi) is 10.8. The maximum atomic E-state index is 14.0. The maximum absolute atomic E-state index is 14.0. The van der Waals surface area contributed by atoms with Crippen molar-refractivity contribution >= 4 is 13.8 Å². The van der Waals surface area contributed by atoms with E-state index in [1.807, 2.05) is 66.7 Å². The van der Waals surface area contributed by atoms with Gasteiger partial charge >= 0.3 is 13.8 Å². The molecule has 1 aliphatic carbocycles. The highest BCUT2D eigenvalue weighted by molar-refractivity contribution is 7.48. The van der Waals surface area contributed by atoms with Crippen LogP contribution in [0.25, 0.3) is 0 Å². The fourth-order valence-electron chi connectivity index (χ4n) is 4.24. The Morgan fingerprint density at radius 2 is 1.36 bits per heavy atom. The standard InChI is InChI=1S/C34H31O9P/c35-21-30(43-44(37,40-24-28-17-9-3-10-18-28)41-25-29-19-11-4-12-20-29)31-32(38-22-26-13-5-1-6-14-26)33(34(36)42-31)39-23-27-15-7-2-8-16-27/h1-5,7-13,15-20,30-31,35H,21-25H2/t30-,31-/m0/s1. The van der Waals surface area contributed by atoms with Gasteiger partial charge in [-0.05, 0) is 28.8 Å². The normalized spacial score (nSPS) is 16.5. The summed E-state index contributed by atoms with van der Waals surface area (Å²) in [7, 11) is -4.36. The summed E-state index contributed by atoms with van der Waals surface area (Å²) in [6.07, 6.45) is 2.53. The molecule has 0 saturated heterocycles. The number of rotatable bonds is 16. The van der Waals surface area contributed by atoms with Crippen LogP contribution in [0.4, 0.5) is 0 Å². The van der Waals surface area contributed by atoms with Crippen molar-refractivity contribution in [2.75, 3.05) is 13.2 Å². The van der Waals surface area contributed by atoms with Crippen molar-refractivity contribution in [3.63, 3.8) is 0 Å². The second-order valence-electron chi connectivity index (χ2n) is 9.69. The van der Waals surface area contributed by atoms with Gasteiger partial charge in [0, 0.05) is 5.57 Å². The van der Waals surface area contributed by atoms with Crippen LogP contribution in [0.2, 0.25) is 0 Å². The average molecular weight is 615 g/mol. The summed E-state index contributed by atoms with van der Waals surface area (Å²) in [5.74, 6) is -1.04. The Balaban J connectivity index is 1.39. The lowest BCUT2D eigenvalue weighted by Crippen LogP contribution is -2.35. The van der Waals surface area contributed by atoms with E-state index in [-0.39, 0.29) is 37.9 Å². The van der Waals surface area contributed by atoms with Crippen molar-refractivity contribution in [1.29, 1.82) is 0 Å². The molecule has 0 unspecified atom stereocenters. The van der Waals surface area contributed by atoms with Crippen LogP contribution in [-0.4, -0.2) is 36.5 Å². The van der Waals surface area contributed by atoms with E-state index < -0.39 is 32.6 Å². The van der Waals surface area contributed by atoms with E-state index in [9.17, 15) is 14.5 Å². The van der Waals surface area contributed by atoms with E-state index >= 15 is 0 Å². The molecule has 226 valence electrons. The summed E-state index contributed by atoms with van der Waals surface area (Å²) >= 11 is 0. The molecule has 2 aliphatic rings. The predicted molar refractivity (Wildman–Crippen MR) is 160 cm³/mol. The minimum absolute atomic E-state index is 0.0111. The fourth-order valence-corrected chi connectivity index (χ4v) is 5.56. The Morgan fingerprint density at radius 3 is 1.89 bits per heavy atom. The lowest BCUT2D eigenvalue weighted by Gasteiger charge is -2.27. The van der Waals surface area contributed by atoms with E-state index in [4.69, 9.17) is 27.8 Å². The van der Waals surface area contributed by atoms with Crippen LogP contribution in [0.1, 0.15) is 16.7 Å². The number of ether oxygens (including phenoxy) is 3. The number of aliphatic hydroxyl groups excluding tert-OH is 1. The molecule has 3 aromatic carbocycles. The lowest BCUT2D eigenvalue weighted by atomic mass is 10.1. The number of hydrogen-bond donors (Lipinski definition) is 1. The van der Waals surface area contributed by atoms with Crippen LogP contribution < -0.4 is 0 Å². The number of cyclic esters (lactones) is 1. The zero-order valence-electron chi connectivity index (χ0n) is 23.7. The number of esters is 1. The Labute approximate surface area is 255 Å². The van der Waals surface area contributed by atoms with Crippen LogP contribution >= 0.6 is 7.82 Å². The molecule has 0 radical (unpaired) electrons. The van der Waals surface area contributed by atoms with Crippen molar-refractivity contribution in [2.45, 2.75) is 32.0 Å². The molecule has 0 bridgehead atoms. The highest BCUT2D eigenvalue weighted by Gasteiger charge is 2.46. The highest BCUT2D eigenvalue weighted by Crippen LogP contribution is 2.53. The smallest absolute Gasteiger partial charge is 0.475 e. The fraction of sp³-hybridized carbons (Fsp3) is 0.206.